The van der Waals surface area contributed by atoms with Gasteiger partial charge in [-0.2, -0.15) is 8.42 Å². The third-order valence-electron chi connectivity index (χ3n) is 7.23. The topological polar surface area (TPSA) is 92.3 Å². The van der Waals surface area contributed by atoms with Crippen LogP contribution in [0.15, 0.2) is 28.6 Å². The van der Waals surface area contributed by atoms with Crippen molar-refractivity contribution in [2.75, 3.05) is 16.2 Å². The van der Waals surface area contributed by atoms with E-state index in [1.54, 1.807) is 13.0 Å². The second kappa shape index (κ2) is 7.55. The average Bonchev–Trinajstić information content (AvgIpc) is 3.17. The van der Waals surface area contributed by atoms with Gasteiger partial charge >= 0.3 is 0 Å². The summed E-state index contributed by atoms with van der Waals surface area (Å²) in [6.45, 7) is 3.99. The second-order valence-electron chi connectivity index (χ2n) is 9.53. The summed E-state index contributed by atoms with van der Waals surface area (Å²) in [5, 5.41) is 11.1. The molecule has 1 aromatic carbocycles. The molecule has 1 amide bonds. The summed E-state index contributed by atoms with van der Waals surface area (Å²) < 4.78 is 27.7. The molecule has 0 atom stereocenters. The summed E-state index contributed by atoms with van der Waals surface area (Å²) >= 11 is 0.931. The number of carbonyl (C=O) groups excluding carboxylic acids is 1. The van der Waals surface area contributed by atoms with Gasteiger partial charge in [-0.05, 0) is 87.8 Å². The van der Waals surface area contributed by atoms with E-state index in [0.29, 0.717) is 23.4 Å². The van der Waals surface area contributed by atoms with Crippen molar-refractivity contribution in [1.29, 1.82) is 0 Å². The first-order chi connectivity index (χ1) is 14.8. The van der Waals surface area contributed by atoms with Crippen molar-refractivity contribution in [2.45, 2.75) is 56.7 Å². The highest BCUT2D eigenvalue weighted by atomic mass is 32.2. The molecule has 9 heteroatoms. The first kappa shape index (κ1) is 20.9. The maximum Gasteiger partial charge on any atom is 0.293 e. The highest BCUT2D eigenvalue weighted by Crippen LogP contribution is 2.60. The minimum absolute atomic E-state index is 0.00210. The fourth-order valence-electron chi connectivity index (χ4n) is 6.35. The molecule has 2 aromatic rings. The second-order valence-corrected chi connectivity index (χ2v) is 12.5. The van der Waals surface area contributed by atoms with Gasteiger partial charge < -0.3 is 5.32 Å². The number of nitrogens with one attached hydrogen (secondary N) is 1. The Morgan fingerprint density at radius 3 is 2.39 bits per heavy atom. The van der Waals surface area contributed by atoms with E-state index in [4.69, 9.17) is 0 Å². The number of carbonyl (C=O) groups is 1. The lowest BCUT2D eigenvalue weighted by Crippen LogP contribution is -2.51. The van der Waals surface area contributed by atoms with Crippen molar-refractivity contribution in [3.63, 3.8) is 0 Å². The average molecular weight is 461 g/mol. The minimum atomic E-state index is -3.85. The molecule has 0 unspecified atom stereocenters. The number of rotatable bonds is 6. The molecular formula is C22H28N4O3S2. The molecule has 1 N–H and O–H groups in total. The third kappa shape index (κ3) is 3.65. The molecule has 4 aliphatic carbocycles. The van der Waals surface area contributed by atoms with Crippen LogP contribution in [0.2, 0.25) is 0 Å². The summed E-state index contributed by atoms with van der Waals surface area (Å²) in [5.41, 5.74) is 1.26. The Balaban J connectivity index is 1.35. The lowest BCUT2D eigenvalue weighted by Gasteiger charge is -2.55. The lowest BCUT2D eigenvalue weighted by molar-refractivity contribution is -0.140. The number of anilines is 2. The highest BCUT2D eigenvalue weighted by molar-refractivity contribution is 7.94. The zero-order valence-corrected chi connectivity index (χ0v) is 19.5. The molecule has 0 saturated heterocycles. The third-order valence-corrected chi connectivity index (χ3v) is 10.3. The van der Waals surface area contributed by atoms with E-state index < -0.39 is 10.0 Å². The van der Waals surface area contributed by atoms with E-state index in [1.165, 1.54) is 23.6 Å². The van der Waals surface area contributed by atoms with Crippen molar-refractivity contribution in [1.82, 2.24) is 10.2 Å². The number of aromatic nitrogens is 2. The van der Waals surface area contributed by atoms with Crippen LogP contribution in [0.25, 0.3) is 0 Å². The Bertz CT molecular complexity index is 1080. The molecular weight excluding hydrogens is 432 g/mol. The van der Waals surface area contributed by atoms with Gasteiger partial charge in [0.1, 0.15) is 0 Å². The first-order valence-corrected chi connectivity index (χ1v) is 13.3. The van der Waals surface area contributed by atoms with Crippen LogP contribution < -0.4 is 9.62 Å². The minimum Gasteiger partial charge on any atom is -0.300 e. The van der Waals surface area contributed by atoms with Crippen LogP contribution in [0.3, 0.4) is 0 Å². The predicted molar refractivity (Wildman–Crippen MR) is 121 cm³/mol. The Morgan fingerprint density at radius 2 is 1.81 bits per heavy atom. The quantitative estimate of drug-likeness (QED) is 0.652. The maximum absolute atomic E-state index is 13.2. The molecule has 6 rings (SSSR count). The molecule has 0 aliphatic heterocycles. The largest absolute Gasteiger partial charge is 0.300 e. The zero-order chi connectivity index (χ0) is 21.8. The van der Waals surface area contributed by atoms with Crippen LogP contribution in [0, 0.1) is 30.1 Å². The first-order valence-electron chi connectivity index (χ1n) is 11.0. The lowest BCUT2D eigenvalue weighted by atomic mass is 9.49. The van der Waals surface area contributed by atoms with Gasteiger partial charge in [0.05, 0.1) is 11.1 Å². The number of aryl methyl sites for hydroxylation is 1. The van der Waals surface area contributed by atoms with Crippen molar-refractivity contribution in [2.24, 2.45) is 23.2 Å². The maximum atomic E-state index is 13.2. The number of sulfonamides is 1. The highest BCUT2D eigenvalue weighted by Gasteiger charge is 2.54. The number of benzene rings is 1. The van der Waals surface area contributed by atoms with Gasteiger partial charge in [0.2, 0.25) is 11.0 Å². The van der Waals surface area contributed by atoms with Gasteiger partial charge in [0.25, 0.3) is 14.4 Å². The molecule has 4 aliphatic rings. The van der Waals surface area contributed by atoms with Crippen molar-refractivity contribution in [3.8, 4) is 0 Å². The van der Waals surface area contributed by atoms with Crippen LogP contribution in [0.4, 0.5) is 10.8 Å². The number of hydrogen-bond acceptors (Lipinski definition) is 6. The molecule has 31 heavy (non-hydrogen) atoms. The number of amides is 1. The van der Waals surface area contributed by atoms with Crippen LogP contribution in [0.5, 0.6) is 0 Å². The van der Waals surface area contributed by atoms with Crippen LogP contribution >= 0.6 is 11.3 Å². The normalized spacial score (nSPS) is 29.2. The Morgan fingerprint density at radius 1 is 1.16 bits per heavy atom. The van der Waals surface area contributed by atoms with Crippen molar-refractivity contribution in [3.05, 3.63) is 29.8 Å². The molecule has 4 fully saturated rings. The van der Waals surface area contributed by atoms with Crippen LogP contribution in [0.1, 0.15) is 51.0 Å². The SMILES string of the molecule is CCN(c1cccc(C)c1)S(=O)(=O)c1nnc(NC(=O)C23CC4CC(CC(C4)C2)C3)s1. The summed E-state index contributed by atoms with van der Waals surface area (Å²) in [6.07, 6.45) is 6.64. The summed E-state index contributed by atoms with van der Waals surface area (Å²) in [4.78, 5) is 13.2. The monoisotopic (exact) mass is 460 g/mol. The molecule has 0 spiro atoms. The molecule has 0 radical (unpaired) electrons. The van der Waals surface area contributed by atoms with Crippen molar-refractivity contribution >= 4 is 38.1 Å². The molecule has 1 heterocycles. The van der Waals surface area contributed by atoms with E-state index in [9.17, 15) is 13.2 Å². The molecule has 1 aromatic heterocycles. The molecule has 166 valence electrons. The van der Waals surface area contributed by atoms with Gasteiger partial charge in [0.15, 0.2) is 0 Å². The van der Waals surface area contributed by atoms with Gasteiger partial charge in [-0.1, -0.05) is 23.5 Å². The number of nitrogens with zero attached hydrogens (tertiary/aromatic N) is 3. The van der Waals surface area contributed by atoms with E-state index in [-0.39, 0.29) is 27.3 Å². The van der Waals surface area contributed by atoms with Gasteiger partial charge in [-0.3, -0.25) is 9.10 Å². The van der Waals surface area contributed by atoms with Gasteiger partial charge in [0, 0.05) is 6.54 Å². The Labute approximate surface area is 187 Å². The smallest absolute Gasteiger partial charge is 0.293 e. The zero-order valence-electron chi connectivity index (χ0n) is 17.9. The van der Waals surface area contributed by atoms with E-state index in [0.717, 1.165) is 36.2 Å². The Hall–Kier alpha value is -2.00. The molecule has 4 saturated carbocycles. The molecule has 7 nitrogen and oxygen atoms in total. The van der Waals surface area contributed by atoms with Crippen LogP contribution in [-0.2, 0) is 14.8 Å². The summed E-state index contributed by atoms with van der Waals surface area (Å²) in [7, 11) is -3.85. The number of hydrogen-bond donors (Lipinski definition) is 1. The fourth-order valence-corrected chi connectivity index (χ4v) is 8.82. The van der Waals surface area contributed by atoms with Crippen LogP contribution in [-0.4, -0.2) is 31.1 Å². The van der Waals surface area contributed by atoms with Gasteiger partial charge in [-0.15, -0.1) is 10.2 Å². The van der Waals surface area contributed by atoms with E-state index in [2.05, 4.69) is 15.5 Å². The predicted octanol–water partition coefficient (Wildman–Crippen LogP) is 4.22. The summed E-state index contributed by atoms with van der Waals surface area (Å²) in [5.74, 6) is 1.98. The standard InChI is InChI=1S/C22H28N4O3S2/c1-3-26(18-6-4-5-14(2)7-18)31(28,29)21-25-24-20(30-21)23-19(27)22-11-15-8-16(12-22)10-17(9-15)13-22/h4-7,15-17H,3,8-13H2,1-2H3,(H,23,24,27). The fraction of sp³-hybridized carbons (Fsp3) is 0.591. The van der Waals surface area contributed by atoms with Gasteiger partial charge in [-0.25, -0.2) is 0 Å². The summed E-state index contributed by atoms with van der Waals surface area (Å²) in [6, 6.07) is 7.36. The van der Waals surface area contributed by atoms with Crippen molar-refractivity contribution < 1.29 is 13.2 Å². The Kier molecular flexibility index (Phi) is 5.08. The van der Waals surface area contributed by atoms with E-state index in [1.807, 2.05) is 25.1 Å². The molecule has 4 bridgehead atoms. The van der Waals surface area contributed by atoms with E-state index >= 15 is 0 Å².